The molecule has 6 N–H and O–H groups in total. The molecule has 1 aromatic rings. The second kappa shape index (κ2) is 5.23. The van der Waals surface area contributed by atoms with Gasteiger partial charge in [-0.05, 0) is 6.07 Å². The van der Waals surface area contributed by atoms with Crippen LogP contribution in [-0.4, -0.2) is 45.5 Å². The predicted molar refractivity (Wildman–Crippen MR) is 56.4 cm³/mol. The lowest BCUT2D eigenvalue weighted by molar-refractivity contribution is -0.139. The Bertz CT molecular complexity index is 453. The van der Waals surface area contributed by atoms with Gasteiger partial charge in [-0.3, -0.25) is 14.4 Å². The Labute approximate surface area is 95.4 Å². The van der Waals surface area contributed by atoms with Crippen LogP contribution in [0.15, 0.2) is 12.3 Å². The molecule has 2 rings (SSSR count). The number of carbonyl (C=O) groups is 3. The van der Waals surface area contributed by atoms with E-state index in [0.717, 1.165) is 0 Å². The number of hydrogen-bond acceptors (Lipinski definition) is 5. The number of aromatic nitrogens is 1. The fourth-order valence-corrected chi connectivity index (χ4v) is 1.03. The van der Waals surface area contributed by atoms with Crippen molar-refractivity contribution in [2.45, 2.75) is 6.04 Å². The zero-order valence-corrected chi connectivity index (χ0v) is 8.64. The molecule has 0 radical (unpaired) electrons. The number of hydrogen-bond donors (Lipinski definition) is 5. The Kier molecular flexibility index (Phi) is 3.96. The van der Waals surface area contributed by atoms with Crippen LogP contribution in [0.2, 0.25) is 0 Å². The first kappa shape index (κ1) is 12.9. The number of H-pyrrole nitrogens is 1. The number of ketones is 1. The van der Waals surface area contributed by atoms with Crippen LogP contribution in [0.5, 0.6) is 0 Å². The van der Waals surface area contributed by atoms with Gasteiger partial charge in [0.15, 0.2) is 0 Å². The molecule has 8 heteroatoms. The summed E-state index contributed by atoms with van der Waals surface area (Å²) in [5.74, 6) is -2.22. The fourth-order valence-electron chi connectivity index (χ4n) is 1.03. The van der Waals surface area contributed by atoms with Crippen LogP contribution in [0, 0.1) is 0 Å². The molecule has 1 aliphatic rings. The Balaban J connectivity index is 0.000000185. The zero-order chi connectivity index (χ0) is 13.0. The highest BCUT2D eigenvalue weighted by atomic mass is 16.4. The maximum atomic E-state index is 10.8. The lowest BCUT2D eigenvalue weighted by atomic mass is 10.3. The number of carboxylic acids is 1. The molecule has 1 amide bonds. The van der Waals surface area contributed by atoms with E-state index in [1.807, 2.05) is 0 Å². The number of aliphatic hydroxyl groups is 1. The number of fused-ring (bicyclic) bond motifs is 1. The van der Waals surface area contributed by atoms with Crippen LogP contribution in [0.4, 0.5) is 5.69 Å². The smallest absolute Gasteiger partial charge is 0.322 e. The van der Waals surface area contributed by atoms with Gasteiger partial charge < -0.3 is 26.2 Å². The maximum Gasteiger partial charge on any atom is 0.322 e. The van der Waals surface area contributed by atoms with Gasteiger partial charge in [-0.25, -0.2) is 0 Å². The van der Waals surface area contributed by atoms with Crippen LogP contribution < -0.4 is 11.1 Å². The average Bonchev–Trinajstić information content (AvgIpc) is 2.84. The van der Waals surface area contributed by atoms with Crippen molar-refractivity contribution in [3.8, 4) is 0 Å². The third-order valence-electron chi connectivity index (χ3n) is 1.94. The van der Waals surface area contributed by atoms with Crippen LogP contribution in [0.25, 0.3) is 0 Å². The van der Waals surface area contributed by atoms with Gasteiger partial charge in [-0.2, -0.15) is 0 Å². The molecule has 0 aromatic carbocycles. The molecule has 0 saturated carbocycles. The quantitative estimate of drug-likeness (QED) is 0.400. The molecule has 8 nitrogen and oxygen atoms in total. The van der Waals surface area contributed by atoms with Gasteiger partial charge in [0.05, 0.1) is 12.3 Å². The summed E-state index contributed by atoms with van der Waals surface area (Å²) >= 11 is 0. The fraction of sp³-hybridized carbons (Fsp3) is 0.222. The highest BCUT2D eigenvalue weighted by Gasteiger charge is 2.28. The van der Waals surface area contributed by atoms with E-state index in [0.29, 0.717) is 11.4 Å². The van der Waals surface area contributed by atoms with Gasteiger partial charge in [0.2, 0.25) is 0 Å². The number of anilines is 1. The van der Waals surface area contributed by atoms with Gasteiger partial charge >= 0.3 is 5.97 Å². The number of amides is 1. The Morgan fingerprint density at radius 3 is 2.53 bits per heavy atom. The van der Waals surface area contributed by atoms with E-state index >= 15 is 0 Å². The first-order chi connectivity index (χ1) is 7.97. The monoisotopic (exact) mass is 241 g/mol. The van der Waals surface area contributed by atoms with E-state index < -0.39 is 30.3 Å². The molecule has 0 unspecified atom stereocenters. The number of carbonyl (C=O) groups excluding carboxylic acids is 2. The number of aliphatic carboxylic acids is 1. The van der Waals surface area contributed by atoms with Crippen molar-refractivity contribution in [2.24, 2.45) is 5.73 Å². The molecule has 1 aliphatic heterocycles. The van der Waals surface area contributed by atoms with Crippen molar-refractivity contribution in [1.82, 2.24) is 4.98 Å². The molecule has 0 aliphatic carbocycles. The van der Waals surface area contributed by atoms with Crippen LogP contribution in [-0.2, 0) is 9.59 Å². The van der Waals surface area contributed by atoms with E-state index in [9.17, 15) is 14.4 Å². The molecule has 1 atom stereocenters. The Morgan fingerprint density at radius 2 is 2.12 bits per heavy atom. The molecular weight excluding hydrogens is 230 g/mol. The first-order valence-corrected chi connectivity index (χ1v) is 4.59. The molecule has 92 valence electrons. The third kappa shape index (κ3) is 2.89. The van der Waals surface area contributed by atoms with Crippen LogP contribution >= 0.6 is 0 Å². The minimum absolute atomic E-state index is 0.366. The summed E-state index contributed by atoms with van der Waals surface area (Å²) in [4.78, 5) is 33.7. The number of carboxylic acid groups (broad SMARTS) is 1. The molecule has 0 fully saturated rings. The molecule has 0 saturated heterocycles. The Hall–Kier alpha value is -2.19. The van der Waals surface area contributed by atoms with Crippen LogP contribution in [0.3, 0.4) is 0 Å². The normalized spacial score (nSPS) is 14.5. The molecule has 17 heavy (non-hydrogen) atoms. The van der Waals surface area contributed by atoms with E-state index in [1.165, 1.54) is 0 Å². The van der Waals surface area contributed by atoms with Crippen molar-refractivity contribution < 1.29 is 24.6 Å². The number of aromatic amines is 1. The second-order valence-electron chi connectivity index (χ2n) is 3.18. The third-order valence-corrected chi connectivity index (χ3v) is 1.94. The summed E-state index contributed by atoms with van der Waals surface area (Å²) in [7, 11) is 0. The molecule has 0 bridgehead atoms. The highest BCUT2D eigenvalue weighted by Crippen LogP contribution is 2.19. The number of nitrogens with one attached hydrogen (secondary N) is 2. The summed E-state index contributed by atoms with van der Waals surface area (Å²) in [6, 6.07) is 0.526. The van der Waals surface area contributed by atoms with Crippen LogP contribution in [0.1, 0.15) is 10.5 Å². The summed E-state index contributed by atoms with van der Waals surface area (Å²) in [5.41, 5.74) is 5.71. The number of rotatable bonds is 2. The van der Waals surface area contributed by atoms with Crippen molar-refractivity contribution in [3.05, 3.63) is 18.0 Å². The highest BCUT2D eigenvalue weighted by molar-refractivity contribution is 6.51. The molecule has 0 spiro atoms. The number of nitrogens with two attached hydrogens (primary N) is 1. The van der Waals surface area contributed by atoms with Crippen molar-refractivity contribution in [3.63, 3.8) is 0 Å². The minimum atomic E-state index is -1.18. The second-order valence-corrected chi connectivity index (χ2v) is 3.18. The van der Waals surface area contributed by atoms with E-state index in [2.05, 4.69) is 10.3 Å². The summed E-state index contributed by atoms with van der Waals surface area (Å²) in [5, 5.41) is 18.3. The van der Waals surface area contributed by atoms with E-state index in [1.54, 1.807) is 12.3 Å². The lowest BCUT2D eigenvalue weighted by Crippen LogP contribution is -2.33. The number of aliphatic hydroxyl groups excluding tert-OH is 1. The number of Topliss-reactive ketones (excluding diaryl/α,β-unsaturated/α-hetero) is 1. The largest absolute Gasteiger partial charge is 0.480 e. The first-order valence-electron chi connectivity index (χ1n) is 4.59. The van der Waals surface area contributed by atoms with Crippen molar-refractivity contribution in [2.75, 3.05) is 11.9 Å². The SMILES string of the molecule is N[C@@H](CO)C(=O)O.O=C1Nc2cc[nH]c2C1=O. The molecule has 1 aromatic heterocycles. The topological polar surface area (TPSA) is 146 Å². The minimum Gasteiger partial charge on any atom is -0.480 e. The standard InChI is InChI=1S/C6H4N2O2.C3H7NO3/c9-5-4-3(1-2-7-4)8-6(5)10;4-2(1-5)3(6)7/h1-2,7H,(H,8,9,10);2,5H,1,4H2,(H,6,7)/t;2-/m.0/s1. The van der Waals surface area contributed by atoms with E-state index in [-0.39, 0.29) is 0 Å². The van der Waals surface area contributed by atoms with Crippen molar-refractivity contribution >= 4 is 23.3 Å². The maximum absolute atomic E-state index is 10.8. The summed E-state index contributed by atoms with van der Waals surface area (Å²) < 4.78 is 0. The predicted octanol–water partition coefficient (Wildman–Crippen LogP) is -1.46. The molecular formula is C9H11N3O5. The molecule has 2 heterocycles. The zero-order valence-electron chi connectivity index (χ0n) is 8.64. The van der Waals surface area contributed by atoms with Crippen molar-refractivity contribution in [1.29, 1.82) is 0 Å². The summed E-state index contributed by atoms with van der Waals surface area (Å²) in [6.45, 7) is -0.505. The van der Waals surface area contributed by atoms with Gasteiger partial charge in [0.25, 0.3) is 11.7 Å². The van der Waals surface area contributed by atoms with Gasteiger partial charge in [-0.15, -0.1) is 0 Å². The van der Waals surface area contributed by atoms with Gasteiger partial charge in [-0.1, -0.05) is 0 Å². The Morgan fingerprint density at radius 1 is 1.47 bits per heavy atom. The summed E-state index contributed by atoms with van der Waals surface area (Å²) in [6.07, 6.45) is 1.61. The van der Waals surface area contributed by atoms with Gasteiger partial charge in [0, 0.05) is 6.20 Å². The lowest BCUT2D eigenvalue weighted by Gasteiger charge is -1.96. The van der Waals surface area contributed by atoms with E-state index in [4.69, 9.17) is 15.9 Å². The van der Waals surface area contributed by atoms with Gasteiger partial charge in [0.1, 0.15) is 11.7 Å². The average molecular weight is 241 g/mol.